The van der Waals surface area contributed by atoms with Gasteiger partial charge in [-0.25, -0.2) is 14.3 Å². The van der Waals surface area contributed by atoms with E-state index in [1.54, 1.807) is 11.0 Å². The number of benzene rings is 2. The minimum atomic E-state index is -0.243. The molecule has 0 saturated carbocycles. The van der Waals surface area contributed by atoms with Crippen LogP contribution in [0.3, 0.4) is 0 Å². The first-order chi connectivity index (χ1) is 14.9. The number of fused-ring (bicyclic) bond motifs is 1. The SMILES string of the molecule is CC1=C(c2ncn(-c3ccccc3C)n2)[C@@H](c2ccc(Cl)c(Cl)c2)n2nc(C)cc2N1. The second-order valence-electron chi connectivity index (χ2n) is 7.65. The van der Waals surface area contributed by atoms with E-state index < -0.39 is 0 Å². The van der Waals surface area contributed by atoms with Crippen molar-refractivity contribution in [1.29, 1.82) is 0 Å². The normalized spacial score (nSPS) is 15.7. The molecule has 3 heterocycles. The van der Waals surface area contributed by atoms with E-state index in [4.69, 9.17) is 33.4 Å². The summed E-state index contributed by atoms with van der Waals surface area (Å²) in [6, 6.07) is 15.5. The van der Waals surface area contributed by atoms with Crippen LogP contribution in [-0.2, 0) is 0 Å². The summed E-state index contributed by atoms with van der Waals surface area (Å²) in [6.45, 7) is 6.06. The third-order valence-corrected chi connectivity index (χ3v) is 6.19. The maximum absolute atomic E-state index is 6.37. The van der Waals surface area contributed by atoms with Gasteiger partial charge in [-0.15, -0.1) is 5.10 Å². The van der Waals surface area contributed by atoms with Crippen LogP contribution in [0.2, 0.25) is 10.0 Å². The van der Waals surface area contributed by atoms with Crippen molar-refractivity contribution < 1.29 is 0 Å². The average Bonchev–Trinajstić information content (AvgIpc) is 3.35. The number of nitrogens with zero attached hydrogens (tertiary/aromatic N) is 5. The molecule has 1 aliphatic heterocycles. The summed E-state index contributed by atoms with van der Waals surface area (Å²) >= 11 is 12.6. The van der Waals surface area contributed by atoms with Crippen LogP contribution in [0.5, 0.6) is 0 Å². The fourth-order valence-corrected chi connectivity index (χ4v) is 4.30. The molecule has 5 rings (SSSR count). The van der Waals surface area contributed by atoms with E-state index in [2.05, 4.69) is 23.3 Å². The number of allylic oxidation sites excluding steroid dienone is 2. The maximum Gasteiger partial charge on any atom is 0.181 e. The summed E-state index contributed by atoms with van der Waals surface area (Å²) in [6.07, 6.45) is 1.74. The molecular weight excluding hydrogens is 431 g/mol. The molecule has 0 saturated heterocycles. The van der Waals surface area contributed by atoms with Gasteiger partial charge in [-0.2, -0.15) is 5.10 Å². The number of aromatic nitrogens is 5. The molecule has 0 fully saturated rings. The zero-order valence-corrected chi connectivity index (χ0v) is 18.8. The Balaban J connectivity index is 1.67. The molecule has 0 unspecified atom stereocenters. The van der Waals surface area contributed by atoms with Crippen LogP contribution in [0.4, 0.5) is 5.82 Å². The van der Waals surface area contributed by atoms with Crippen molar-refractivity contribution in [1.82, 2.24) is 24.5 Å². The highest BCUT2D eigenvalue weighted by Gasteiger charge is 2.32. The standard InChI is InChI=1S/C23H20Cl2N6/c1-13-6-4-5-7-19(13)30-12-26-23(29-30)21-15(3)27-20-10-14(2)28-31(20)22(21)16-8-9-17(24)18(25)11-16/h4-12,22,27H,1-3H3/t22-/m1/s1. The van der Waals surface area contributed by atoms with Crippen LogP contribution < -0.4 is 5.32 Å². The summed E-state index contributed by atoms with van der Waals surface area (Å²) in [4.78, 5) is 4.66. The number of hydrogen-bond donors (Lipinski definition) is 1. The predicted octanol–water partition coefficient (Wildman–Crippen LogP) is 5.83. The van der Waals surface area contributed by atoms with E-state index in [9.17, 15) is 0 Å². The molecule has 0 bridgehead atoms. The molecule has 0 aliphatic carbocycles. The van der Waals surface area contributed by atoms with Crippen LogP contribution in [-0.4, -0.2) is 24.5 Å². The Hall–Kier alpha value is -3.09. The van der Waals surface area contributed by atoms with Gasteiger partial charge in [0.05, 0.1) is 21.4 Å². The topological polar surface area (TPSA) is 60.6 Å². The lowest BCUT2D eigenvalue weighted by molar-refractivity contribution is 0.610. The summed E-state index contributed by atoms with van der Waals surface area (Å²) in [5.74, 6) is 1.54. The number of aryl methyl sites for hydroxylation is 2. The van der Waals surface area contributed by atoms with Crippen molar-refractivity contribution >= 4 is 34.6 Å². The van der Waals surface area contributed by atoms with Crippen LogP contribution in [0.25, 0.3) is 11.3 Å². The third kappa shape index (κ3) is 3.42. The van der Waals surface area contributed by atoms with Crippen molar-refractivity contribution in [3.05, 3.63) is 93.2 Å². The molecule has 1 atom stereocenters. The van der Waals surface area contributed by atoms with Crippen molar-refractivity contribution in [3.8, 4) is 5.69 Å². The lowest BCUT2D eigenvalue weighted by Crippen LogP contribution is -2.24. The Bertz CT molecular complexity index is 1330. The van der Waals surface area contributed by atoms with Crippen LogP contribution in [0.15, 0.2) is 60.6 Å². The fraction of sp³-hybridized carbons (Fsp3) is 0.174. The van der Waals surface area contributed by atoms with Gasteiger partial charge in [0.15, 0.2) is 5.82 Å². The zero-order valence-electron chi connectivity index (χ0n) is 17.3. The number of para-hydroxylation sites is 1. The van der Waals surface area contributed by atoms with Crippen molar-refractivity contribution in [2.24, 2.45) is 0 Å². The Morgan fingerprint density at radius 2 is 1.74 bits per heavy atom. The van der Waals surface area contributed by atoms with E-state index >= 15 is 0 Å². The highest BCUT2D eigenvalue weighted by molar-refractivity contribution is 6.42. The molecule has 8 heteroatoms. The van der Waals surface area contributed by atoms with Gasteiger partial charge in [-0.05, 0) is 50.1 Å². The first-order valence-electron chi connectivity index (χ1n) is 9.89. The van der Waals surface area contributed by atoms with E-state index in [0.717, 1.165) is 39.6 Å². The first kappa shape index (κ1) is 19.8. The smallest absolute Gasteiger partial charge is 0.181 e. The summed E-state index contributed by atoms with van der Waals surface area (Å²) < 4.78 is 3.76. The van der Waals surface area contributed by atoms with E-state index in [1.807, 2.05) is 61.0 Å². The zero-order chi connectivity index (χ0) is 21.7. The van der Waals surface area contributed by atoms with Gasteiger partial charge in [0, 0.05) is 17.3 Å². The fourth-order valence-electron chi connectivity index (χ4n) is 4.00. The van der Waals surface area contributed by atoms with Crippen molar-refractivity contribution in [3.63, 3.8) is 0 Å². The lowest BCUT2D eigenvalue weighted by atomic mass is 9.95. The molecule has 2 aromatic carbocycles. The van der Waals surface area contributed by atoms with E-state index in [0.29, 0.717) is 15.9 Å². The number of nitrogens with one attached hydrogen (secondary N) is 1. The Morgan fingerprint density at radius 1 is 0.935 bits per heavy atom. The van der Waals surface area contributed by atoms with Crippen LogP contribution in [0.1, 0.15) is 35.6 Å². The quantitative estimate of drug-likeness (QED) is 0.426. The van der Waals surface area contributed by atoms with Gasteiger partial charge in [0.2, 0.25) is 0 Å². The Labute approximate surface area is 190 Å². The molecule has 6 nitrogen and oxygen atoms in total. The van der Waals surface area contributed by atoms with Crippen molar-refractivity contribution in [2.45, 2.75) is 26.8 Å². The highest BCUT2D eigenvalue weighted by Crippen LogP contribution is 2.41. The number of halogens is 2. The Morgan fingerprint density at radius 3 is 2.52 bits per heavy atom. The first-order valence-corrected chi connectivity index (χ1v) is 10.6. The summed E-state index contributed by atoms with van der Waals surface area (Å²) in [5, 5.41) is 14.0. The minimum Gasteiger partial charge on any atom is -0.344 e. The largest absolute Gasteiger partial charge is 0.344 e. The number of anilines is 1. The molecular formula is C23H20Cl2N6. The van der Waals surface area contributed by atoms with E-state index in [1.165, 1.54) is 0 Å². The molecule has 31 heavy (non-hydrogen) atoms. The third-order valence-electron chi connectivity index (χ3n) is 5.45. The minimum absolute atomic E-state index is 0.243. The van der Waals surface area contributed by atoms with Crippen molar-refractivity contribution in [2.75, 3.05) is 5.32 Å². The monoisotopic (exact) mass is 450 g/mol. The maximum atomic E-state index is 6.37. The van der Waals surface area contributed by atoms with Crippen LogP contribution in [0, 0.1) is 13.8 Å². The second-order valence-corrected chi connectivity index (χ2v) is 8.47. The summed E-state index contributed by atoms with van der Waals surface area (Å²) in [7, 11) is 0. The Kier molecular flexibility index (Phi) is 4.84. The lowest BCUT2D eigenvalue weighted by Gasteiger charge is -2.29. The average molecular weight is 451 g/mol. The predicted molar refractivity (Wildman–Crippen MR) is 124 cm³/mol. The van der Waals surface area contributed by atoms with Gasteiger partial charge in [-0.1, -0.05) is 47.5 Å². The van der Waals surface area contributed by atoms with Gasteiger partial charge >= 0.3 is 0 Å². The van der Waals surface area contributed by atoms with E-state index in [-0.39, 0.29) is 6.04 Å². The molecule has 156 valence electrons. The second kappa shape index (κ2) is 7.55. The van der Waals surface area contributed by atoms with Gasteiger partial charge < -0.3 is 5.32 Å². The molecule has 2 aromatic heterocycles. The number of rotatable bonds is 3. The van der Waals surface area contributed by atoms with Gasteiger partial charge in [-0.3, -0.25) is 0 Å². The van der Waals surface area contributed by atoms with Crippen LogP contribution >= 0.6 is 23.2 Å². The molecule has 0 radical (unpaired) electrons. The number of hydrogen-bond acceptors (Lipinski definition) is 4. The molecule has 1 N–H and O–H groups in total. The molecule has 4 aromatic rings. The summed E-state index contributed by atoms with van der Waals surface area (Å²) in [5.41, 5.74) is 5.89. The molecule has 0 spiro atoms. The van der Waals surface area contributed by atoms with Gasteiger partial charge in [0.1, 0.15) is 18.2 Å². The molecule has 0 amide bonds. The highest BCUT2D eigenvalue weighted by atomic mass is 35.5. The van der Waals surface area contributed by atoms with Gasteiger partial charge in [0.25, 0.3) is 0 Å². The molecule has 1 aliphatic rings.